The van der Waals surface area contributed by atoms with Gasteiger partial charge in [-0.2, -0.15) is 7.11 Å². The maximum Gasteiger partial charge on any atom is 0.491 e. The van der Waals surface area contributed by atoms with Crippen LogP contribution < -0.4 is 10.2 Å². The molecule has 1 aliphatic heterocycles. The maximum absolute atomic E-state index is 9.30. The van der Waals surface area contributed by atoms with Crippen LogP contribution in [0.5, 0.6) is 5.75 Å². The van der Waals surface area contributed by atoms with E-state index in [1.54, 1.807) is 12.1 Å². The number of hydrogen-bond donors (Lipinski definition) is 1. The monoisotopic (exact) mass is 252 g/mol. The van der Waals surface area contributed by atoms with Crippen LogP contribution in [0.15, 0.2) is 18.2 Å². The number of benzene rings is 1. The van der Waals surface area contributed by atoms with Crippen molar-refractivity contribution in [1.29, 1.82) is 0 Å². The first-order valence-corrected chi connectivity index (χ1v) is 3.66. The third-order valence-corrected chi connectivity index (χ3v) is 1.95. The molecule has 1 aromatic rings. The molecule has 1 radical (unpaired) electrons. The van der Waals surface area contributed by atoms with Gasteiger partial charge in [0.1, 0.15) is 0 Å². The van der Waals surface area contributed by atoms with Crippen LogP contribution in [0.3, 0.4) is 0 Å². The fourth-order valence-corrected chi connectivity index (χ4v) is 1.28. The van der Waals surface area contributed by atoms with Gasteiger partial charge in [0.05, 0.1) is 12.4 Å². The van der Waals surface area contributed by atoms with Crippen LogP contribution in [0.25, 0.3) is 0 Å². The van der Waals surface area contributed by atoms with Gasteiger partial charge >= 0.3 is 7.12 Å². The first kappa shape index (κ1) is 11.2. The summed E-state index contributed by atoms with van der Waals surface area (Å²) in [6.07, 6.45) is 0. The minimum absolute atomic E-state index is 0. The molecule has 3 nitrogen and oxygen atoms in total. The maximum atomic E-state index is 9.30. The standard InChI is InChI=1S/C8H8BO3.Y/c1-11-7-3-2-6-5-12-9(10)8(6)4-7;/h2-4,10H,1,5H2;/q-1;. The van der Waals surface area contributed by atoms with Gasteiger partial charge in [0, 0.05) is 32.7 Å². The van der Waals surface area contributed by atoms with E-state index >= 15 is 0 Å². The zero-order chi connectivity index (χ0) is 8.55. The second-order valence-electron chi connectivity index (χ2n) is 2.67. The van der Waals surface area contributed by atoms with E-state index in [9.17, 15) is 5.02 Å². The van der Waals surface area contributed by atoms with Crippen LogP contribution in [-0.2, 0) is 44.0 Å². The van der Waals surface area contributed by atoms with Crippen molar-refractivity contribution in [3.8, 4) is 5.75 Å². The third-order valence-electron chi connectivity index (χ3n) is 1.95. The topological polar surface area (TPSA) is 38.7 Å². The molecule has 13 heavy (non-hydrogen) atoms. The summed E-state index contributed by atoms with van der Waals surface area (Å²) in [5.74, 6) is 0.637. The second kappa shape index (κ2) is 4.56. The van der Waals surface area contributed by atoms with Crippen molar-refractivity contribution in [3.05, 3.63) is 30.9 Å². The smallest absolute Gasteiger partial charge is 0.491 e. The predicted molar refractivity (Wildman–Crippen MR) is 44.8 cm³/mol. The Morgan fingerprint density at radius 1 is 1.54 bits per heavy atom. The van der Waals surface area contributed by atoms with Crippen LogP contribution in [-0.4, -0.2) is 12.1 Å². The first-order chi connectivity index (χ1) is 5.81. The molecule has 0 fully saturated rings. The minimum atomic E-state index is -0.810. The Hall–Kier alpha value is 0.109. The number of fused-ring (bicyclic) bond motifs is 1. The molecule has 0 amide bonds. The van der Waals surface area contributed by atoms with Crippen LogP contribution in [0.2, 0.25) is 0 Å². The third kappa shape index (κ3) is 2.13. The van der Waals surface area contributed by atoms with Gasteiger partial charge in [-0.1, -0.05) is 6.07 Å². The van der Waals surface area contributed by atoms with Gasteiger partial charge in [-0.05, 0) is 23.2 Å². The minimum Gasteiger partial charge on any atom is -0.665 e. The number of ether oxygens (including phenoxy) is 1. The molecular formula is C8H8BO3Y-. The second-order valence-corrected chi connectivity index (χ2v) is 2.67. The Labute approximate surface area is 102 Å². The Morgan fingerprint density at radius 3 is 3.00 bits per heavy atom. The molecule has 0 saturated carbocycles. The summed E-state index contributed by atoms with van der Waals surface area (Å²) in [6, 6.07) is 5.40. The molecule has 1 heterocycles. The van der Waals surface area contributed by atoms with Gasteiger partial charge in [0.25, 0.3) is 0 Å². The molecule has 1 aliphatic rings. The zero-order valence-electron chi connectivity index (χ0n) is 7.06. The molecule has 0 unspecified atom stereocenters. The average molecular weight is 252 g/mol. The predicted octanol–water partition coefficient (Wildman–Crippen LogP) is 0.0722. The first-order valence-electron chi connectivity index (χ1n) is 3.66. The summed E-state index contributed by atoms with van der Waals surface area (Å²) in [4.78, 5) is 0. The van der Waals surface area contributed by atoms with E-state index in [0.717, 1.165) is 11.0 Å². The van der Waals surface area contributed by atoms with Crippen molar-refractivity contribution in [2.45, 2.75) is 6.61 Å². The van der Waals surface area contributed by atoms with Crippen LogP contribution in [0.1, 0.15) is 5.56 Å². The molecule has 0 aliphatic carbocycles. The molecule has 1 aromatic carbocycles. The van der Waals surface area contributed by atoms with E-state index in [1.807, 2.05) is 6.07 Å². The summed E-state index contributed by atoms with van der Waals surface area (Å²) in [7, 11) is 2.47. The van der Waals surface area contributed by atoms with Gasteiger partial charge < -0.3 is 14.4 Å². The van der Waals surface area contributed by atoms with Crippen LogP contribution >= 0.6 is 0 Å². The quantitative estimate of drug-likeness (QED) is 0.567. The van der Waals surface area contributed by atoms with E-state index in [-0.39, 0.29) is 32.7 Å². The van der Waals surface area contributed by atoms with Crippen molar-refractivity contribution >= 4 is 12.6 Å². The Bertz CT molecular complexity index is 305. The number of rotatable bonds is 1. The van der Waals surface area contributed by atoms with Crippen molar-refractivity contribution in [2.24, 2.45) is 0 Å². The van der Waals surface area contributed by atoms with Crippen molar-refractivity contribution in [2.75, 3.05) is 0 Å². The molecule has 65 valence electrons. The normalized spacial score (nSPS) is 13.5. The fourth-order valence-electron chi connectivity index (χ4n) is 1.28. The largest absolute Gasteiger partial charge is 0.665 e. The van der Waals surface area contributed by atoms with Crippen molar-refractivity contribution < 1.29 is 47.1 Å². The average Bonchev–Trinajstić information content (AvgIpc) is 2.47. The van der Waals surface area contributed by atoms with Crippen molar-refractivity contribution in [1.82, 2.24) is 0 Å². The molecule has 0 saturated heterocycles. The van der Waals surface area contributed by atoms with E-state index in [4.69, 9.17) is 9.39 Å². The summed E-state index contributed by atoms with van der Waals surface area (Å²) in [5, 5.41) is 9.30. The van der Waals surface area contributed by atoms with Crippen LogP contribution in [0.4, 0.5) is 0 Å². The zero-order valence-corrected chi connectivity index (χ0v) is 9.90. The molecular weight excluding hydrogens is 244 g/mol. The van der Waals surface area contributed by atoms with Gasteiger partial charge in [0.15, 0.2) is 0 Å². The number of hydrogen-bond acceptors (Lipinski definition) is 3. The molecule has 0 bridgehead atoms. The van der Waals surface area contributed by atoms with E-state index < -0.39 is 7.12 Å². The van der Waals surface area contributed by atoms with E-state index in [1.165, 1.54) is 0 Å². The van der Waals surface area contributed by atoms with E-state index in [0.29, 0.717) is 12.4 Å². The van der Waals surface area contributed by atoms with Gasteiger partial charge in [-0.25, -0.2) is 0 Å². The summed E-state index contributed by atoms with van der Waals surface area (Å²) in [5.41, 5.74) is 1.78. The molecule has 2 rings (SSSR count). The van der Waals surface area contributed by atoms with Gasteiger partial charge in [0.2, 0.25) is 0 Å². The molecule has 0 atom stereocenters. The Balaban J connectivity index is 0.000000845. The fraction of sp³-hybridized carbons (Fsp3) is 0.125. The summed E-state index contributed by atoms with van der Waals surface area (Å²) in [6.45, 7) is 0.466. The Morgan fingerprint density at radius 2 is 2.31 bits per heavy atom. The Kier molecular flexibility index (Phi) is 3.92. The van der Waals surface area contributed by atoms with Gasteiger partial charge in [-0.15, -0.1) is 0 Å². The summed E-state index contributed by atoms with van der Waals surface area (Å²) >= 11 is 0. The molecule has 0 spiro atoms. The van der Waals surface area contributed by atoms with Crippen LogP contribution in [0, 0.1) is 7.11 Å². The SMILES string of the molecule is [CH2-]Oc1ccc2c(c1)B(O)OC2.[Y]. The molecule has 0 aromatic heterocycles. The van der Waals surface area contributed by atoms with E-state index in [2.05, 4.69) is 7.11 Å². The molecule has 5 heteroatoms. The van der Waals surface area contributed by atoms with Crippen molar-refractivity contribution in [3.63, 3.8) is 0 Å². The molecule has 1 N–H and O–H groups in total. The van der Waals surface area contributed by atoms with Gasteiger partial charge in [-0.3, -0.25) is 0 Å². The summed E-state index contributed by atoms with van der Waals surface area (Å²) < 4.78 is 9.77.